The number of carbonyl (C=O) groups is 2. The lowest BCUT2D eigenvalue weighted by atomic mass is 10.1. The monoisotopic (exact) mass is 266 g/mol. The number of rotatable bonds is 7. The van der Waals surface area contributed by atoms with E-state index in [1.54, 1.807) is 0 Å². The number of phenolic OH excluding ortho intramolecular Hbond substituents is 1. The summed E-state index contributed by atoms with van der Waals surface area (Å²) in [6, 6.07) is 3.75. The average molecular weight is 266 g/mol. The molecule has 0 aromatic heterocycles. The van der Waals surface area contributed by atoms with Crippen LogP contribution in [-0.4, -0.2) is 28.6 Å². The number of aromatic carboxylic acids is 1. The number of phenols is 1. The number of unbranched alkanes of at least 4 members (excludes halogenated alkanes) is 2. The number of carboxylic acids is 1. The van der Waals surface area contributed by atoms with Crippen LogP contribution in [0.3, 0.4) is 0 Å². The van der Waals surface area contributed by atoms with Crippen molar-refractivity contribution in [2.45, 2.75) is 25.7 Å². The molecule has 1 rings (SSSR count). The number of nitrogens with two attached hydrogens (primary N) is 1. The topological polar surface area (TPSA) is 113 Å². The van der Waals surface area contributed by atoms with E-state index in [-0.39, 0.29) is 22.9 Å². The lowest BCUT2D eigenvalue weighted by Crippen LogP contribution is -2.12. The molecule has 0 heterocycles. The molecule has 0 fully saturated rings. The predicted octanol–water partition coefficient (Wildman–Crippen LogP) is 1.55. The number of nitrogens with one attached hydrogen (secondary N) is 1. The van der Waals surface area contributed by atoms with Gasteiger partial charge >= 0.3 is 5.97 Å². The Morgan fingerprint density at radius 2 is 1.95 bits per heavy atom. The third-order valence-corrected chi connectivity index (χ3v) is 2.63. The van der Waals surface area contributed by atoms with Gasteiger partial charge in [-0.15, -0.1) is 0 Å². The van der Waals surface area contributed by atoms with Crippen LogP contribution >= 0.6 is 0 Å². The highest BCUT2D eigenvalue weighted by molar-refractivity contribution is 5.95. The molecular weight excluding hydrogens is 248 g/mol. The van der Waals surface area contributed by atoms with Crippen LogP contribution < -0.4 is 11.1 Å². The number of carboxylic acid groups (broad SMARTS) is 1. The Balaban J connectivity index is 2.58. The maximum atomic E-state index is 11.6. The molecule has 6 heteroatoms. The van der Waals surface area contributed by atoms with E-state index in [1.807, 2.05) is 0 Å². The van der Waals surface area contributed by atoms with Gasteiger partial charge < -0.3 is 21.3 Å². The van der Waals surface area contributed by atoms with Crippen molar-refractivity contribution in [3.63, 3.8) is 0 Å². The zero-order valence-electron chi connectivity index (χ0n) is 10.6. The molecule has 0 aliphatic heterocycles. The molecule has 6 nitrogen and oxygen atoms in total. The molecule has 0 atom stereocenters. The summed E-state index contributed by atoms with van der Waals surface area (Å²) in [6.07, 6.45) is 2.76. The molecule has 0 spiro atoms. The molecule has 5 N–H and O–H groups in total. The summed E-state index contributed by atoms with van der Waals surface area (Å²) in [5.41, 5.74) is 5.47. The summed E-state index contributed by atoms with van der Waals surface area (Å²) in [5.74, 6) is -1.52. The van der Waals surface area contributed by atoms with Gasteiger partial charge in [0.25, 0.3) is 0 Å². The van der Waals surface area contributed by atoms with Gasteiger partial charge in [0.05, 0.1) is 11.3 Å². The average Bonchev–Trinajstić information content (AvgIpc) is 2.37. The van der Waals surface area contributed by atoms with E-state index in [9.17, 15) is 14.7 Å². The van der Waals surface area contributed by atoms with Gasteiger partial charge in [-0.25, -0.2) is 4.79 Å². The van der Waals surface area contributed by atoms with Gasteiger partial charge in [-0.05, 0) is 37.6 Å². The second-order valence-corrected chi connectivity index (χ2v) is 4.18. The minimum atomic E-state index is -1.11. The largest absolute Gasteiger partial charge is 0.506 e. The van der Waals surface area contributed by atoms with E-state index < -0.39 is 5.97 Å². The number of hydrogen-bond acceptors (Lipinski definition) is 4. The van der Waals surface area contributed by atoms with Crippen LogP contribution in [0, 0.1) is 0 Å². The molecule has 0 unspecified atom stereocenters. The summed E-state index contributed by atoms with van der Waals surface area (Å²) in [5, 5.41) is 20.9. The van der Waals surface area contributed by atoms with Crippen LogP contribution in [0.2, 0.25) is 0 Å². The molecule has 0 aliphatic rings. The first-order chi connectivity index (χ1) is 9.04. The van der Waals surface area contributed by atoms with Crippen molar-refractivity contribution in [3.05, 3.63) is 23.8 Å². The van der Waals surface area contributed by atoms with Crippen molar-refractivity contribution in [3.8, 4) is 5.75 Å². The fourth-order valence-electron chi connectivity index (χ4n) is 1.59. The third-order valence-electron chi connectivity index (χ3n) is 2.63. The molecular formula is C13H18N2O4. The zero-order chi connectivity index (χ0) is 14.3. The van der Waals surface area contributed by atoms with Crippen molar-refractivity contribution in [1.82, 2.24) is 0 Å². The van der Waals surface area contributed by atoms with Crippen LogP contribution in [0.4, 0.5) is 5.69 Å². The van der Waals surface area contributed by atoms with Crippen molar-refractivity contribution in [1.29, 1.82) is 0 Å². The molecule has 1 aromatic rings. The summed E-state index contributed by atoms with van der Waals surface area (Å²) in [4.78, 5) is 22.4. The minimum Gasteiger partial charge on any atom is -0.506 e. The molecule has 0 bridgehead atoms. The molecule has 0 radical (unpaired) electrons. The Morgan fingerprint density at radius 3 is 2.58 bits per heavy atom. The summed E-state index contributed by atoms with van der Waals surface area (Å²) in [7, 11) is 0. The van der Waals surface area contributed by atoms with E-state index >= 15 is 0 Å². The second kappa shape index (κ2) is 7.38. The van der Waals surface area contributed by atoms with Crippen LogP contribution in [0.15, 0.2) is 18.2 Å². The Morgan fingerprint density at radius 1 is 1.21 bits per heavy atom. The smallest absolute Gasteiger partial charge is 0.335 e. The number of carbonyl (C=O) groups excluding carboxylic acids is 1. The van der Waals surface area contributed by atoms with E-state index in [2.05, 4.69) is 5.32 Å². The van der Waals surface area contributed by atoms with Gasteiger partial charge in [-0.3, -0.25) is 4.79 Å². The Labute approximate surface area is 111 Å². The van der Waals surface area contributed by atoms with Crippen LogP contribution in [0.25, 0.3) is 0 Å². The first kappa shape index (κ1) is 15.0. The molecule has 0 aliphatic carbocycles. The predicted molar refractivity (Wildman–Crippen MR) is 71.2 cm³/mol. The van der Waals surface area contributed by atoms with Gasteiger partial charge in [-0.2, -0.15) is 0 Å². The lowest BCUT2D eigenvalue weighted by molar-refractivity contribution is -0.116. The number of amides is 1. The molecule has 1 amide bonds. The number of aromatic hydroxyl groups is 1. The van der Waals surface area contributed by atoms with Crippen molar-refractivity contribution >= 4 is 17.6 Å². The highest BCUT2D eigenvalue weighted by Gasteiger charge is 2.10. The van der Waals surface area contributed by atoms with Gasteiger partial charge in [0.2, 0.25) is 5.91 Å². The first-order valence-corrected chi connectivity index (χ1v) is 6.11. The third kappa shape index (κ3) is 4.97. The Hall–Kier alpha value is -2.08. The van der Waals surface area contributed by atoms with Crippen LogP contribution in [-0.2, 0) is 4.79 Å². The summed E-state index contributed by atoms with van der Waals surface area (Å²) < 4.78 is 0. The molecule has 1 aromatic carbocycles. The van der Waals surface area contributed by atoms with Crippen molar-refractivity contribution in [2.75, 3.05) is 11.9 Å². The van der Waals surface area contributed by atoms with E-state index in [4.69, 9.17) is 10.8 Å². The summed E-state index contributed by atoms with van der Waals surface area (Å²) in [6.45, 7) is 0.600. The highest BCUT2D eigenvalue weighted by Crippen LogP contribution is 2.24. The first-order valence-electron chi connectivity index (χ1n) is 6.11. The van der Waals surface area contributed by atoms with Crippen molar-refractivity contribution < 1.29 is 19.8 Å². The minimum absolute atomic E-state index is 0.0104. The van der Waals surface area contributed by atoms with Gasteiger partial charge in [0.15, 0.2) is 0 Å². The van der Waals surface area contributed by atoms with Crippen LogP contribution in [0.1, 0.15) is 36.0 Å². The number of hydrogen-bond donors (Lipinski definition) is 4. The highest BCUT2D eigenvalue weighted by atomic mass is 16.4. The van der Waals surface area contributed by atoms with Gasteiger partial charge in [0.1, 0.15) is 5.75 Å². The standard InChI is InChI=1S/C13H18N2O4/c14-7-3-1-2-4-12(17)15-10-8-9(13(18)19)5-6-11(10)16/h5-6,8,16H,1-4,7,14H2,(H,15,17)(H,18,19). The van der Waals surface area contributed by atoms with Gasteiger partial charge in [0, 0.05) is 6.42 Å². The molecule has 104 valence electrons. The van der Waals surface area contributed by atoms with E-state index in [0.717, 1.165) is 12.8 Å². The molecule has 0 saturated heterocycles. The van der Waals surface area contributed by atoms with E-state index in [1.165, 1.54) is 18.2 Å². The molecule has 0 saturated carbocycles. The molecule has 19 heavy (non-hydrogen) atoms. The fourth-order valence-corrected chi connectivity index (χ4v) is 1.59. The van der Waals surface area contributed by atoms with Gasteiger partial charge in [-0.1, -0.05) is 6.42 Å². The van der Waals surface area contributed by atoms with Crippen molar-refractivity contribution in [2.24, 2.45) is 5.73 Å². The maximum Gasteiger partial charge on any atom is 0.335 e. The number of benzene rings is 1. The zero-order valence-corrected chi connectivity index (χ0v) is 10.6. The lowest BCUT2D eigenvalue weighted by Gasteiger charge is -2.08. The normalized spacial score (nSPS) is 10.2. The number of anilines is 1. The van der Waals surface area contributed by atoms with E-state index in [0.29, 0.717) is 19.4 Å². The Bertz CT molecular complexity index is 460. The quantitative estimate of drug-likeness (QED) is 0.442. The maximum absolute atomic E-state index is 11.6. The Kier molecular flexibility index (Phi) is 5.81. The second-order valence-electron chi connectivity index (χ2n) is 4.18. The fraction of sp³-hybridized carbons (Fsp3) is 0.385. The van der Waals surface area contributed by atoms with Crippen LogP contribution in [0.5, 0.6) is 5.75 Å². The SMILES string of the molecule is NCCCCCC(=O)Nc1cc(C(=O)O)ccc1O. The summed E-state index contributed by atoms with van der Waals surface area (Å²) >= 11 is 0.